The van der Waals surface area contributed by atoms with Crippen molar-refractivity contribution in [2.24, 2.45) is 5.92 Å². The summed E-state index contributed by atoms with van der Waals surface area (Å²) >= 11 is 0. The number of ether oxygens (including phenoxy) is 3. The lowest BCUT2D eigenvalue weighted by Gasteiger charge is -2.30. The second kappa shape index (κ2) is 15.0. The van der Waals surface area contributed by atoms with Crippen molar-refractivity contribution in [2.45, 2.75) is 127 Å². The number of nitrogens with one attached hydrogen (secondary N) is 3. The third kappa shape index (κ3) is 9.06. The highest BCUT2D eigenvalue weighted by Gasteiger charge is 2.62. The van der Waals surface area contributed by atoms with E-state index in [0.29, 0.717) is 49.1 Å². The van der Waals surface area contributed by atoms with Crippen LogP contribution in [-0.2, 0) is 33.6 Å². The standard InChI is InChI=1S/C36H49N5O10S/c1-35(2,3)50-34(45)38-28-11-9-7-5-6-8-10-23-20-36(23,33(44)40-52(46,47)51-24-12-13-24)39-30(42)29-19-26(21-41(29)32(28)43)49-31-27-15-14-25(48-4)18-22(27)16-17-37-31/h14-18,23-24,26,28-29H,5-13,19-21H2,1-4H3,(H,38,45)(H,39,42)(H,40,44)/t23-,26+,28-,29-,36+/m0/s1. The summed E-state index contributed by atoms with van der Waals surface area (Å²) in [7, 11) is -2.81. The van der Waals surface area contributed by atoms with E-state index in [0.717, 1.165) is 31.1 Å². The molecule has 52 heavy (non-hydrogen) atoms. The fourth-order valence-electron chi connectivity index (χ4n) is 7.10. The highest BCUT2D eigenvalue weighted by Crippen LogP contribution is 2.48. The van der Waals surface area contributed by atoms with Gasteiger partial charge in [0.05, 0.1) is 19.8 Å². The number of benzene rings is 1. The zero-order valence-electron chi connectivity index (χ0n) is 30.1. The number of carbonyl (C=O) groups is 4. The summed E-state index contributed by atoms with van der Waals surface area (Å²) in [4.78, 5) is 61.2. The summed E-state index contributed by atoms with van der Waals surface area (Å²) in [6, 6.07) is 5.17. The van der Waals surface area contributed by atoms with Crippen molar-refractivity contribution in [2.75, 3.05) is 13.7 Å². The number of nitrogens with zero attached hydrogens (tertiary/aromatic N) is 2. The molecule has 0 radical (unpaired) electrons. The maximum absolute atomic E-state index is 14.4. The van der Waals surface area contributed by atoms with E-state index in [-0.39, 0.29) is 25.3 Å². The number of hydrogen-bond acceptors (Lipinski definition) is 11. The molecule has 3 N–H and O–H groups in total. The van der Waals surface area contributed by atoms with Crippen LogP contribution in [0.1, 0.15) is 91.4 Å². The number of alkyl carbamates (subject to hydrolysis) is 1. The lowest BCUT2D eigenvalue weighted by molar-refractivity contribution is -0.141. The van der Waals surface area contributed by atoms with E-state index in [1.165, 1.54) is 4.90 Å². The Bertz CT molecular complexity index is 1790. The predicted molar refractivity (Wildman–Crippen MR) is 188 cm³/mol. The number of methoxy groups -OCH3 is 1. The van der Waals surface area contributed by atoms with Gasteiger partial charge >= 0.3 is 16.4 Å². The van der Waals surface area contributed by atoms with Gasteiger partial charge in [0.15, 0.2) is 0 Å². The molecule has 2 saturated carbocycles. The minimum Gasteiger partial charge on any atom is -0.497 e. The van der Waals surface area contributed by atoms with Crippen LogP contribution >= 0.6 is 0 Å². The van der Waals surface area contributed by atoms with Crippen LogP contribution in [0.3, 0.4) is 0 Å². The highest BCUT2D eigenvalue weighted by atomic mass is 32.2. The van der Waals surface area contributed by atoms with Crippen LogP contribution in [0.5, 0.6) is 11.6 Å². The van der Waals surface area contributed by atoms with Crippen molar-refractivity contribution in [3.63, 3.8) is 0 Å². The van der Waals surface area contributed by atoms with Crippen LogP contribution in [0.2, 0.25) is 0 Å². The molecule has 6 rings (SSSR count). The fraction of sp³-hybridized carbons (Fsp3) is 0.639. The van der Waals surface area contributed by atoms with E-state index in [2.05, 4.69) is 15.6 Å². The van der Waals surface area contributed by atoms with Gasteiger partial charge in [0.2, 0.25) is 17.7 Å². The van der Waals surface area contributed by atoms with Gasteiger partial charge in [-0.2, -0.15) is 8.42 Å². The van der Waals surface area contributed by atoms with Crippen LogP contribution in [0.15, 0.2) is 30.5 Å². The number of hydrogen-bond donors (Lipinski definition) is 3. The second-order valence-corrected chi connectivity index (χ2v) is 16.6. The van der Waals surface area contributed by atoms with Gasteiger partial charge in [-0.3, -0.25) is 18.6 Å². The van der Waals surface area contributed by atoms with Crippen LogP contribution in [0.4, 0.5) is 4.79 Å². The Hall–Kier alpha value is -4.18. The van der Waals surface area contributed by atoms with Gasteiger partial charge in [0.25, 0.3) is 5.91 Å². The highest BCUT2D eigenvalue weighted by molar-refractivity contribution is 7.85. The third-order valence-electron chi connectivity index (χ3n) is 9.96. The number of rotatable bonds is 8. The van der Waals surface area contributed by atoms with Gasteiger partial charge in [-0.1, -0.05) is 32.1 Å². The molecule has 5 atom stereocenters. The molecule has 4 amide bonds. The maximum atomic E-state index is 14.4. The molecular formula is C36H49N5O10S. The largest absolute Gasteiger partial charge is 0.497 e. The van der Waals surface area contributed by atoms with Crippen LogP contribution in [0.25, 0.3) is 10.8 Å². The minimum absolute atomic E-state index is 0.0100. The van der Waals surface area contributed by atoms with E-state index in [9.17, 15) is 27.6 Å². The molecule has 4 aliphatic rings. The predicted octanol–water partition coefficient (Wildman–Crippen LogP) is 3.64. The summed E-state index contributed by atoms with van der Waals surface area (Å²) in [5, 5.41) is 7.14. The molecule has 1 aromatic heterocycles. The molecule has 2 aliphatic carbocycles. The Morgan fingerprint density at radius 1 is 1.00 bits per heavy atom. The monoisotopic (exact) mass is 743 g/mol. The summed E-state index contributed by atoms with van der Waals surface area (Å²) in [6.07, 6.45) is 6.04. The first-order valence-electron chi connectivity index (χ1n) is 18.1. The molecule has 1 aromatic carbocycles. The van der Waals surface area contributed by atoms with Crippen molar-refractivity contribution in [1.82, 2.24) is 25.2 Å². The number of fused-ring (bicyclic) bond motifs is 3. The molecule has 0 spiro atoms. The zero-order chi connectivity index (χ0) is 37.3. The normalized spacial score (nSPS) is 27.3. The molecule has 3 heterocycles. The number of amides is 4. The average Bonchev–Trinajstić information content (AvgIpc) is 3.98. The van der Waals surface area contributed by atoms with Crippen molar-refractivity contribution in [3.05, 3.63) is 30.5 Å². The fourth-order valence-corrected chi connectivity index (χ4v) is 8.11. The van der Waals surface area contributed by atoms with Crippen molar-refractivity contribution < 1.29 is 46.0 Å². The third-order valence-corrected chi connectivity index (χ3v) is 10.9. The molecule has 2 aliphatic heterocycles. The summed E-state index contributed by atoms with van der Waals surface area (Å²) in [6.45, 7) is 5.17. The van der Waals surface area contributed by atoms with Crippen LogP contribution in [-0.4, -0.2) is 91.2 Å². The molecule has 0 unspecified atom stereocenters. The minimum atomic E-state index is -4.39. The molecule has 15 nitrogen and oxygen atoms in total. The molecule has 2 aromatic rings. The van der Waals surface area contributed by atoms with Crippen molar-refractivity contribution in [1.29, 1.82) is 0 Å². The lowest BCUT2D eigenvalue weighted by Crippen LogP contribution is -2.58. The maximum Gasteiger partial charge on any atom is 0.408 e. The number of aromatic nitrogens is 1. The van der Waals surface area contributed by atoms with Crippen LogP contribution in [0, 0.1) is 5.92 Å². The molecule has 284 valence electrons. The van der Waals surface area contributed by atoms with Gasteiger partial charge in [-0.25, -0.2) is 14.5 Å². The van der Waals surface area contributed by atoms with E-state index >= 15 is 0 Å². The summed E-state index contributed by atoms with van der Waals surface area (Å²) < 4.78 is 49.7. The van der Waals surface area contributed by atoms with Gasteiger partial charge in [-0.15, -0.1) is 0 Å². The average molecular weight is 744 g/mol. The Balaban J connectivity index is 1.29. The Morgan fingerprint density at radius 3 is 2.44 bits per heavy atom. The topological polar surface area (TPSA) is 192 Å². The Labute approximate surface area is 304 Å². The van der Waals surface area contributed by atoms with Crippen LogP contribution < -0.4 is 24.8 Å². The van der Waals surface area contributed by atoms with Crippen molar-refractivity contribution >= 4 is 44.9 Å². The molecule has 2 saturated heterocycles. The van der Waals surface area contributed by atoms with E-state index in [1.54, 1.807) is 40.1 Å². The molecule has 0 bridgehead atoms. The first-order chi connectivity index (χ1) is 24.7. The van der Waals surface area contributed by atoms with E-state index in [1.807, 2.05) is 22.9 Å². The first kappa shape index (κ1) is 37.6. The molecule has 4 fully saturated rings. The Kier molecular flexibility index (Phi) is 10.9. The Morgan fingerprint density at radius 2 is 1.73 bits per heavy atom. The summed E-state index contributed by atoms with van der Waals surface area (Å²) in [5.41, 5.74) is -2.29. The number of carbonyl (C=O) groups excluding carboxylic acids is 4. The van der Waals surface area contributed by atoms with E-state index in [4.69, 9.17) is 18.4 Å². The SMILES string of the molecule is COc1ccc2c(O[C@@H]3C[C@H]4C(=O)N[C@]5(C(=O)NS(=O)(=O)OC6CC6)C[C@@H]5CCCCCCC[C@H](NC(=O)OC(C)(C)C)C(=O)N4C3)nccc2c1. The summed E-state index contributed by atoms with van der Waals surface area (Å²) in [5.74, 6) is -1.31. The van der Waals surface area contributed by atoms with Gasteiger partial charge in [0, 0.05) is 18.0 Å². The van der Waals surface area contributed by atoms with E-state index < -0.39 is 69.6 Å². The van der Waals surface area contributed by atoms with Gasteiger partial charge in [0.1, 0.15) is 35.1 Å². The van der Waals surface area contributed by atoms with Gasteiger partial charge in [-0.05, 0) is 88.4 Å². The first-order valence-corrected chi connectivity index (χ1v) is 19.5. The number of pyridine rings is 1. The molecular weight excluding hydrogens is 694 g/mol. The molecule has 16 heteroatoms. The lowest BCUT2D eigenvalue weighted by atomic mass is 10.0. The van der Waals surface area contributed by atoms with Crippen molar-refractivity contribution in [3.8, 4) is 11.6 Å². The zero-order valence-corrected chi connectivity index (χ0v) is 31.0. The second-order valence-electron chi connectivity index (χ2n) is 15.3. The smallest absolute Gasteiger partial charge is 0.408 e. The quantitative estimate of drug-likeness (QED) is 0.358. The van der Waals surface area contributed by atoms with Gasteiger partial charge < -0.3 is 29.7 Å².